The molecule has 0 aromatic carbocycles. The van der Waals surface area contributed by atoms with E-state index in [1.54, 1.807) is 7.11 Å². The molecule has 10 heavy (non-hydrogen) atoms. The maximum absolute atomic E-state index is 9.25. The Morgan fingerprint density at radius 2 is 2.30 bits per heavy atom. The Morgan fingerprint density at radius 1 is 1.50 bits per heavy atom. The highest BCUT2D eigenvalue weighted by Gasteiger charge is 2.19. The van der Waals surface area contributed by atoms with Crippen LogP contribution in [0.15, 0.2) is 0 Å². The fourth-order valence-electron chi connectivity index (χ4n) is 1.65. The molecule has 0 bridgehead atoms. The molecule has 0 aliphatic heterocycles. The van der Waals surface area contributed by atoms with Crippen molar-refractivity contribution in [3.8, 4) is 0 Å². The molecule has 1 N–H and O–H groups in total. The summed E-state index contributed by atoms with van der Waals surface area (Å²) in [5.41, 5.74) is 0. The highest BCUT2D eigenvalue weighted by molar-refractivity contribution is 4.71. The number of methoxy groups -OCH3 is 1. The zero-order valence-corrected chi connectivity index (χ0v) is 6.55. The first-order chi connectivity index (χ1) is 4.83. The molecule has 2 unspecified atom stereocenters. The molecule has 0 radical (unpaired) electrons. The largest absolute Gasteiger partial charge is 0.393 e. The predicted octanol–water partition coefficient (Wildman–Crippen LogP) is 1.18. The van der Waals surface area contributed by atoms with Crippen molar-refractivity contribution < 1.29 is 9.84 Å². The smallest absolute Gasteiger partial charge is 0.0543 e. The summed E-state index contributed by atoms with van der Waals surface area (Å²) in [6, 6.07) is 0. The number of aliphatic hydroxyl groups is 1. The maximum atomic E-state index is 9.25. The molecule has 0 spiro atoms. The van der Waals surface area contributed by atoms with Crippen LogP contribution >= 0.6 is 0 Å². The second-order valence-corrected chi connectivity index (χ2v) is 3.14. The lowest BCUT2D eigenvalue weighted by Gasteiger charge is -2.24. The van der Waals surface area contributed by atoms with Crippen LogP contribution in [0.1, 0.15) is 25.7 Å². The first kappa shape index (κ1) is 8.02. The van der Waals surface area contributed by atoms with E-state index < -0.39 is 0 Å². The van der Waals surface area contributed by atoms with Gasteiger partial charge < -0.3 is 9.84 Å². The van der Waals surface area contributed by atoms with E-state index in [1.165, 1.54) is 6.42 Å². The van der Waals surface area contributed by atoms with Crippen LogP contribution in [-0.2, 0) is 4.74 Å². The molecule has 1 fully saturated rings. The van der Waals surface area contributed by atoms with Gasteiger partial charge in [0, 0.05) is 13.7 Å². The van der Waals surface area contributed by atoms with Gasteiger partial charge in [-0.2, -0.15) is 0 Å². The monoisotopic (exact) mass is 144 g/mol. The topological polar surface area (TPSA) is 29.5 Å². The average Bonchev–Trinajstić information content (AvgIpc) is 1.88. The van der Waals surface area contributed by atoms with Crippen LogP contribution in [0.4, 0.5) is 0 Å². The minimum Gasteiger partial charge on any atom is -0.393 e. The van der Waals surface area contributed by atoms with E-state index in [-0.39, 0.29) is 6.10 Å². The second-order valence-electron chi connectivity index (χ2n) is 3.14. The summed E-state index contributed by atoms with van der Waals surface area (Å²) in [6.07, 6.45) is 4.25. The number of rotatable bonds is 2. The van der Waals surface area contributed by atoms with Crippen molar-refractivity contribution in [3.05, 3.63) is 0 Å². The first-order valence-electron chi connectivity index (χ1n) is 4.00. The van der Waals surface area contributed by atoms with E-state index in [0.29, 0.717) is 5.92 Å². The van der Waals surface area contributed by atoms with Crippen molar-refractivity contribution in [2.24, 2.45) is 5.92 Å². The summed E-state index contributed by atoms with van der Waals surface area (Å²) in [5, 5.41) is 9.25. The Morgan fingerprint density at radius 3 is 2.90 bits per heavy atom. The molecule has 60 valence electrons. The maximum Gasteiger partial charge on any atom is 0.0543 e. The van der Waals surface area contributed by atoms with Gasteiger partial charge in [-0.3, -0.25) is 0 Å². The van der Waals surface area contributed by atoms with Crippen LogP contribution in [-0.4, -0.2) is 24.9 Å². The van der Waals surface area contributed by atoms with Gasteiger partial charge in [-0.1, -0.05) is 6.42 Å². The number of ether oxygens (including phenoxy) is 1. The Kier molecular flexibility index (Phi) is 3.16. The van der Waals surface area contributed by atoms with Crippen molar-refractivity contribution in [3.63, 3.8) is 0 Å². The molecule has 2 atom stereocenters. The normalized spacial score (nSPS) is 34.2. The highest BCUT2D eigenvalue weighted by Crippen LogP contribution is 2.23. The first-order valence-corrected chi connectivity index (χ1v) is 4.00. The molecular formula is C8H16O2. The molecule has 1 saturated carbocycles. The van der Waals surface area contributed by atoms with E-state index in [1.807, 2.05) is 0 Å². The van der Waals surface area contributed by atoms with Crippen molar-refractivity contribution in [2.45, 2.75) is 31.8 Å². The molecule has 0 heterocycles. The highest BCUT2D eigenvalue weighted by atomic mass is 16.5. The summed E-state index contributed by atoms with van der Waals surface area (Å²) in [7, 11) is 1.72. The Balaban J connectivity index is 2.18. The van der Waals surface area contributed by atoms with Gasteiger partial charge in [-0.05, 0) is 25.2 Å². The Labute approximate surface area is 62.2 Å². The van der Waals surface area contributed by atoms with Crippen LogP contribution in [0.5, 0.6) is 0 Å². The van der Waals surface area contributed by atoms with Crippen molar-refractivity contribution in [2.75, 3.05) is 13.7 Å². The quantitative estimate of drug-likeness (QED) is 0.630. The summed E-state index contributed by atoms with van der Waals surface area (Å²) in [4.78, 5) is 0. The summed E-state index contributed by atoms with van der Waals surface area (Å²) >= 11 is 0. The van der Waals surface area contributed by atoms with Crippen LogP contribution in [0.3, 0.4) is 0 Å². The van der Waals surface area contributed by atoms with Gasteiger partial charge in [-0.25, -0.2) is 0 Å². The zero-order chi connectivity index (χ0) is 7.40. The Bertz CT molecular complexity index is 91.3. The van der Waals surface area contributed by atoms with Crippen LogP contribution in [0, 0.1) is 5.92 Å². The number of aliphatic hydroxyl groups excluding tert-OH is 1. The van der Waals surface area contributed by atoms with E-state index in [0.717, 1.165) is 25.9 Å². The van der Waals surface area contributed by atoms with Gasteiger partial charge >= 0.3 is 0 Å². The van der Waals surface area contributed by atoms with E-state index in [2.05, 4.69) is 0 Å². The van der Waals surface area contributed by atoms with Gasteiger partial charge in [-0.15, -0.1) is 0 Å². The summed E-state index contributed by atoms with van der Waals surface area (Å²) in [5.74, 6) is 0.605. The van der Waals surface area contributed by atoms with E-state index in [9.17, 15) is 5.11 Å². The summed E-state index contributed by atoms with van der Waals surface area (Å²) < 4.78 is 5.02. The third-order valence-electron chi connectivity index (χ3n) is 2.16. The molecule has 1 aliphatic rings. The lowest BCUT2D eigenvalue weighted by molar-refractivity contribution is 0.0603. The molecule has 0 aromatic rings. The van der Waals surface area contributed by atoms with Crippen LogP contribution in [0.25, 0.3) is 0 Å². The van der Waals surface area contributed by atoms with Crippen LogP contribution in [0.2, 0.25) is 0 Å². The van der Waals surface area contributed by atoms with E-state index in [4.69, 9.17) is 4.74 Å². The standard InChI is InChI=1S/C8H16O2/c1-10-6-7-3-2-4-8(9)5-7/h7-9H,2-6H2,1H3. The molecule has 1 aliphatic carbocycles. The fraction of sp³-hybridized carbons (Fsp3) is 1.00. The molecule has 2 nitrogen and oxygen atoms in total. The minimum atomic E-state index is -0.0612. The third-order valence-corrected chi connectivity index (χ3v) is 2.16. The minimum absolute atomic E-state index is 0.0612. The molecule has 1 rings (SSSR count). The van der Waals surface area contributed by atoms with Gasteiger partial charge in [0.2, 0.25) is 0 Å². The average molecular weight is 144 g/mol. The van der Waals surface area contributed by atoms with Crippen molar-refractivity contribution >= 4 is 0 Å². The summed E-state index contributed by atoms with van der Waals surface area (Å²) in [6.45, 7) is 0.817. The van der Waals surface area contributed by atoms with Gasteiger partial charge in [0.05, 0.1) is 6.10 Å². The number of hydrogen-bond acceptors (Lipinski definition) is 2. The van der Waals surface area contributed by atoms with E-state index >= 15 is 0 Å². The molecule has 2 heteroatoms. The fourth-order valence-corrected chi connectivity index (χ4v) is 1.65. The SMILES string of the molecule is COCC1CCCC(O)C1. The molecular weight excluding hydrogens is 128 g/mol. The third kappa shape index (κ3) is 2.27. The van der Waals surface area contributed by atoms with Gasteiger partial charge in [0.1, 0.15) is 0 Å². The van der Waals surface area contributed by atoms with Gasteiger partial charge in [0.15, 0.2) is 0 Å². The lowest BCUT2D eigenvalue weighted by atomic mass is 9.88. The zero-order valence-electron chi connectivity index (χ0n) is 6.55. The lowest BCUT2D eigenvalue weighted by Crippen LogP contribution is -2.22. The molecule has 0 saturated heterocycles. The van der Waals surface area contributed by atoms with Crippen LogP contribution < -0.4 is 0 Å². The van der Waals surface area contributed by atoms with Gasteiger partial charge in [0.25, 0.3) is 0 Å². The molecule has 0 aromatic heterocycles. The van der Waals surface area contributed by atoms with Crippen molar-refractivity contribution in [1.82, 2.24) is 0 Å². The predicted molar refractivity (Wildman–Crippen MR) is 39.8 cm³/mol. The number of hydrogen-bond donors (Lipinski definition) is 1. The second kappa shape index (κ2) is 3.94. The Hall–Kier alpha value is -0.0800. The molecule has 0 amide bonds. The van der Waals surface area contributed by atoms with Crippen molar-refractivity contribution in [1.29, 1.82) is 0 Å².